The largest absolute Gasteiger partial charge is 0.756 e. The zero-order chi connectivity index (χ0) is 58.4. The Hall–Kier alpha value is -2.55. The van der Waals surface area contributed by atoms with Crippen molar-refractivity contribution in [2.45, 2.75) is 315 Å². The number of unbranched alkanes of at least 4 members (excludes halogenated alkanes) is 36. The van der Waals surface area contributed by atoms with Crippen molar-refractivity contribution in [1.29, 1.82) is 0 Å². The molecule has 0 spiro atoms. The van der Waals surface area contributed by atoms with E-state index in [2.05, 4.69) is 86.8 Å². The first-order valence-electron chi connectivity index (χ1n) is 33.6. The highest BCUT2D eigenvalue weighted by Gasteiger charge is 2.22. The van der Waals surface area contributed by atoms with Gasteiger partial charge in [-0.1, -0.05) is 286 Å². The number of rotatable bonds is 62. The second-order valence-electron chi connectivity index (χ2n) is 23.8. The molecule has 0 bridgehead atoms. The standard InChI is InChI=1S/C70H128NO8P/c1-6-8-10-12-14-16-18-20-22-24-26-27-28-29-30-31-32-33-34-35-36-37-38-39-40-41-42-43-45-46-48-50-52-54-56-58-60-62-69(72)76-66-68(67-78-80(74,75)77-65-64-71(3,4)5)79-70(73)63-61-59-57-55-53-51-49-47-44-25-23-21-19-17-15-13-11-9-7-2/h9,11,15,17-18,20-21,23-24,26,44,47,68H,6-8,10,12-14,16,19,22,25,27-43,45-46,48-67H2,1-5H3/b11-9-,17-15-,20-18-,23-21-,26-24-,47-44-. The summed E-state index contributed by atoms with van der Waals surface area (Å²) in [5.41, 5.74) is 0. The third-order valence-corrected chi connectivity index (χ3v) is 15.7. The monoisotopic (exact) mass is 1140 g/mol. The number of phosphoric ester groups is 1. The Morgan fingerprint density at radius 2 is 0.713 bits per heavy atom. The van der Waals surface area contributed by atoms with Crippen LogP contribution in [0.4, 0.5) is 0 Å². The number of likely N-dealkylation sites (N-methyl/N-ethyl adjacent to an activating group) is 1. The van der Waals surface area contributed by atoms with Gasteiger partial charge in [-0.25, -0.2) is 0 Å². The van der Waals surface area contributed by atoms with Crippen LogP contribution in [0.1, 0.15) is 309 Å². The normalized spacial score (nSPS) is 13.6. The molecule has 0 aromatic carbocycles. The molecule has 0 aromatic heterocycles. The van der Waals surface area contributed by atoms with Crippen LogP contribution in [0.5, 0.6) is 0 Å². The van der Waals surface area contributed by atoms with E-state index in [1.807, 2.05) is 21.1 Å². The Kier molecular flexibility index (Phi) is 59.1. The summed E-state index contributed by atoms with van der Waals surface area (Å²) in [5, 5.41) is 0. The molecule has 0 heterocycles. The molecule has 0 saturated carbocycles. The fraction of sp³-hybridized carbons (Fsp3) is 0.800. The summed E-state index contributed by atoms with van der Waals surface area (Å²) in [6.45, 7) is 4.13. The molecule has 10 heteroatoms. The van der Waals surface area contributed by atoms with Crippen molar-refractivity contribution in [2.75, 3.05) is 47.5 Å². The number of nitrogens with zero attached hydrogens (tertiary/aromatic N) is 1. The van der Waals surface area contributed by atoms with Crippen molar-refractivity contribution >= 4 is 19.8 Å². The van der Waals surface area contributed by atoms with E-state index in [-0.39, 0.29) is 32.0 Å². The quantitative estimate of drug-likeness (QED) is 0.0195. The molecule has 0 radical (unpaired) electrons. The van der Waals surface area contributed by atoms with Gasteiger partial charge in [-0.2, -0.15) is 0 Å². The van der Waals surface area contributed by atoms with Crippen LogP contribution in [-0.4, -0.2) is 70.0 Å². The molecular formula is C70H128NO8P. The summed E-state index contributed by atoms with van der Waals surface area (Å²) in [4.78, 5) is 38.0. The van der Waals surface area contributed by atoms with E-state index in [0.717, 1.165) is 89.9 Å². The zero-order valence-corrected chi connectivity index (χ0v) is 53.9. The minimum absolute atomic E-state index is 0.0351. The molecule has 0 aromatic rings. The number of carbonyl (C=O) groups excluding carboxylic acids is 2. The number of phosphoric acid groups is 1. The highest BCUT2D eigenvalue weighted by molar-refractivity contribution is 7.45. The number of ether oxygens (including phenoxy) is 2. The van der Waals surface area contributed by atoms with Crippen LogP contribution >= 0.6 is 7.82 Å². The first-order valence-corrected chi connectivity index (χ1v) is 35.1. The molecular weight excluding hydrogens is 1010 g/mol. The molecule has 0 fully saturated rings. The maximum absolute atomic E-state index is 12.8. The van der Waals surface area contributed by atoms with Crippen LogP contribution < -0.4 is 4.89 Å². The van der Waals surface area contributed by atoms with Gasteiger partial charge in [0.1, 0.15) is 19.8 Å². The molecule has 2 atom stereocenters. The Labute approximate surface area is 495 Å². The number of quaternary nitrogens is 1. The van der Waals surface area contributed by atoms with Gasteiger partial charge in [-0.05, 0) is 83.5 Å². The second-order valence-corrected chi connectivity index (χ2v) is 25.2. The summed E-state index contributed by atoms with van der Waals surface area (Å²) < 4.78 is 34.2. The van der Waals surface area contributed by atoms with Crippen molar-refractivity contribution in [1.82, 2.24) is 0 Å². The molecule has 80 heavy (non-hydrogen) atoms. The minimum Gasteiger partial charge on any atom is -0.756 e. The van der Waals surface area contributed by atoms with Crippen molar-refractivity contribution in [3.05, 3.63) is 72.9 Å². The number of esters is 2. The summed E-state index contributed by atoms with van der Waals surface area (Å²) in [6.07, 6.45) is 81.4. The van der Waals surface area contributed by atoms with Crippen LogP contribution in [0.3, 0.4) is 0 Å². The van der Waals surface area contributed by atoms with Crippen molar-refractivity contribution in [3.63, 3.8) is 0 Å². The van der Waals surface area contributed by atoms with E-state index in [1.165, 1.54) is 186 Å². The fourth-order valence-electron chi connectivity index (χ4n) is 9.56. The van der Waals surface area contributed by atoms with Crippen molar-refractivity contribution in [2.24, 2.45) is 0 Å². The summed E-state index contributed by atoms with van der Waals surface area (Å²) in [5.74, 6) is -0.840. The Morgan fingerprint density at radius 1 is 0.400 bits per heavy atom. The molecule has 0 rings (SSSR count). The Balaban J connectivity index is 3.95. The molecule has 466 valence electrons. The van der Waals surface area contributed by atoms with Gasteiger partial charge in [-0.15, -0.1) is 0 Å². The molecule has 0 aliphatic heterocycles. The van der Waals surface area contributed by atoms with Crippen LogP contribution in [-0.2, 0) is 32.7 Å². The van der Waals surface area contributed by atoms with Gasteiger partial charge in [0.15, 0.2) is 6.10 Å². The van der Waals surface area contributed by atoms with Crippen LogP contribution in [0.2, 0.25) is 0 Å². The van der Waals surface area contributed by atoms with E-state index >= 15 is 0 Å². The molecule has 0 aliphatic rings. The van der Waals surface area contributed by atoms with E-state index < -0.39 is 26.5 Å². The number of hydrogen-bond donors (Lipinski definition) is 0. The predicted molar refractivity (Wildman–Crippen MR) is 342 cm³/mol. The van der Waals surface area contributed by atoms with Gasteiger partial charge in [0.25, 0.3) is 7.82 Å². The lowest BCUT2D eigenvalue weighted by atomic mass is 10.0. The van der Waals surface area contributed by atoms with Gasteiger partial charge in [0, 0.05) is 12.8 Å². The molecule has 2 unspecified atom stereocenters. The number of allylic oxidation sites excluding steroid dienone is 12. The lowest BCUT2D eigenvalue weighted by Crippen LogP contribution is -2.37. The highest BCUT2D eigenvalue weighted by Crippen LogP contribution is 2.38. The van der Waals surface area contributed by atoms with Gasteiger partial charge < -0.3 is 27.9 Å². The van der Waals surface area contributed by atoms with E-state index in [1.54, 1.807) is 0 Å². The minimum atomic E-state index is -4.64. The van der Waals surface area contributed by atoms with Gasteiger partial charge in [0.05, 0.1) is 27.7 Å². The first-order chi connectivity index (χ1) is 39.0. The zero-order valence-electron chi connectivity index (χ0n) is 53.0. The smallest absolute Gasteiger partial charge is 0.306 e. The Bertz CT molecular complexity index is 1580. The molecule has 9 nitrogen and oxygen atoms in total. The third kappa shape index (κ3) is 64.6. The number of hydrogen-bond acceptors (Lipinski definition) is 8. The van der Waals surface area contributed by atoms with Gasteiger partial charge in [0.2, 0.25) is 0 Å². The highest BCUT2D eigenvalue weighted by atomic mass is 31.2. The molecule has 0 saturated heterocycles. The van der Waals surface area contributed by atoms with Crippen molar-refractivity contribution < 1.29 is 42.1 Å². The van der Waals surface area contributed by atoms with E-state index in [0.29, 0.717) is 17.4 Å². The first kappa shape index (κ1) is 77.5. The average molecular weight is 1140 g/mol. The van der Waals surface area contributed by atoms with E-state index in [4.69, 9.17) is 18.5 Å². The van der Waals surface area contributed by atoms with Crippen molar-refractivity contribution in [3.8, 4) is 0 Å². The molecule has 0 aliphatic carbocycles. The lowest BCUT2D eigenvalue weighted by molar-refractivity contribution is -0.870. The van der Waals surface area contributed by atoms with Gasteiger partial charge >= 0.3 is 11.9 Å². The fourth-order valence-corrected chi connectivity index (χ4v) is 10.3. The SMILES string of the molecule is CC/C=C\C/C=C\C/C=C\C/C=C\CCCCCCCCC(=O)OC(COC(=O)CCCCCCCCCCCCCCCCCCCCCCCCCCC/C=C\C/C=C\CCCCCCC)COP(=O)([O-])OCC[N+](C)(C)C. The maximum Gasteiger partial charge on any atom is 0.306 e. The topological polar surface area (TPSA) is 111 Å². The predicted octanol–water partition coefficient (Wildman–Crippen LogP) is 21.0. The molecule has 0 N–H and O–H groups in total. The van der Waals surface area contributed by atoms with Crippen LogP contribution in [0.25, 0.3) is 0 Å². The summed E-state index contributed by atoms with van der Waals surface area (Å²) >= 11 is 0. The number of carbonyl (C=O) groups is 2. The lowest BCUT2D eigenvalue weighted by Gasteiger charge is -2.28. The molecule has 0 amide bonds. The average Bonchev–Trinajstić information content (AvgIpc) is 3.42. The second kappa shape index (κ2) is 61.0. The summed E-state index contributed by atoms with van der Waals surface area (Å²) in [6, 6.07) is 0. The third-order valence-electron chi connectivity index (χ3n) is 14.7. The van der Waals surface area contributed by atoms with Crippen LogP contribution in [0.15, 0.2) is 72.9 Å². The van der Waals surface area contributed by atoms with Crippen LogP contribution in [0, 0.1) is 0 Å². The maximum atomic E-state index is 12.8. The Morgan fingerprint density at radius 3 is 1.06 bits per heavy atom. The van der Waals surface area contributed by atoms with E-state index in [9.17, 15) is 19.0 Å². The summed E-state index contributed by atoms with van der Waals surface area (Å²) in [7, 11) is 1.16. The van der Waals surface area contributed by atoms with Gasteiger partial charge in [-0.3, -0.25) is 14.2 Å².